The summed E-state index contributed by atoms with van der Waals surface area (Å²) in [5, 5.41) is 0.675. The first-order valence-corrected chi connectivity index (χ1v) is 5.64. The maximum absolute atomic E-state index is 11.6. The Morgan fingerprint density at radius 3 is 2.38 bits per heavy atom. The van der Waals surface area contributed by atoms with Crippen LogP contribution in [-0.4, -0.2) is 17.3 Å². The van der Waals surface area contributed by atoms with E-state index in [1.54, 1.807) is 36.0 Å². The Bertz CT molecular complexity index is 294. The van der Waals surface area contributed by atoms with Crippen molar-refractivity contribution in [2.45, 2.75) is 12.2 Å². The highest BCUT2D eigenvalue weighted by molar-refractivity contribution is 7.99. The standard InChI is InChI=1S/C10H11ClOS/c1-7(13-2)10(12)8-3-5-9(11)6-4-8/h3-7H,1-2H3. The zero-order valence-corrected chi connectivity index (χ0v) is 9.15. The van der Waals surface area contributed by atoms with Gasteiger partial charge in [0.1, 0.15) is 0 Å². The van der Waals surface area contributed by atoms with E-state index in [2.05, 4.69) is 0 Å². The molecule has 1 unspecified atom stereocenters. The van der Waals surface area contributed by atoms with E-state index in [9.17, 15) is 4.79 Å². The van der Waals surface area contributed by atoms with Gasteiger partial charge in [-0.15, -0.1) is 0 Å². The minimum atomic E-state index is 0.0150. The first kappa shape index (κ1) is 10.6. The summed E-state index contributed by atoms with van der Waals surface area (Å²) >= 11 is 7.26. The fraction of sp³-hybridized carbons (Fsp3) is 0.300. The lowest BCUT2D eigenvalue weighted by atomic mass is 10.1. The summed E-state index contributed by atoms with van der Waals surface area (Å²) in [6, 6.07) is 7.00. The van der Waals surface area contributed by atoms with Gasteiger partial charge in [-0.05, 0) is 37.4 Å². The molecule has 1 aromatic carbocycles. The van der Waals surface area contributed by atoms with Crippen LogP contribution in [0, 0.1) is 0 Å². The molecule has 0 fully saturated rings. The van der Waals surface area contributed by atoms with Crippen LogP contribution in [0.1, 0.15) is 17.3 Å². The van der Waals surface area contributed by atoms with E-state index in [0.717, 1.165) is 5.56 Å². The molecule has 0 aliphatic heterocycles. The van der Waals surface area contributed by atoms with Crippen LogP contribution in [-0.2, 0) is 0 Å². The number of carbonyl (C=O) groups is 1. The molecule has 13 heavy (non-hydrogen) atoms. The van der Waals surface area contributed by atoms with Crippen molar-refractivity contribution in [3.8, 4) is 0 Å². The molecule has 0 saturated heterocycles. The quantitative estimate of drug-likeness (QED) is 0.719. The molecule has 0 heterocycles. The smallest absolute Gasteiger partial charge is 0.175 e. The number of halogens is 1. The second-order valence-electron chi connectivity index (χ2n) is 2.75. The van der Waals surface area contributed by atoms with Crippen molar-refractivity contribution in [1.29, 1.82) is 0 Å². The molecule has 0 aliphatic carbocycles. The minimum Gasteiger partial charge on any atom is -0.293 e. The second kappa shape index (κ2) is 4.68. The molecule has 1 nitrogen and oxygen atoms in total. The van der Waals surface area contributed by atoms with Gasteiger partial charge in [0, 0.05) is 10.6 Å². The largest absolute Gasteiger partial charge is 0.293 e. The fourth-order valence-corrected chi connectivity index (χ4v) is 1.43. The Kier molecular flexibility index (Phi) is 3.82. The van der Waals surface area contributed by atoms with Crippen LogP contribution in [0.4, 0.5) is 0 Å². The molecule has 1 aromatic rings. The highest BCUT2D eigenvalue weighted by Gasteiger charge is 2.12. The molecule has 0 bridgehead atoms. The van der Waals surface area contributed by atoms with Crippen LogP contribution in [0.15, 0.2) is 24.3 Å². The van der Waals surface area contributed by atoms with Crippen LogP contribution >= 0.6 is 23.4 Å². The number of Topliss-reactive ketones (excluding diaryl/α,β-unsaturated/α-hetero) is 1. The van der Waals surface area contributed by atoms with Gasteiger partial charge in [-0.25, -0.2) is 0 Å². The predicted octanol–water partition coefficient (Wildman–Crippen LogP) is 3.27. The molecule has 1 atom stereocenters. The molecular weight excluding hydrogens is 204 g/mol. The number of hydrogen-bond donors (Lipinski definition) is 0. The predicted molar refractivity (Wildman–Crippen MR) is 58.8 cm³/mol. The molecule has 3 heteroatoms. The summed E-state index contributed by atoms with van der Waals surface area (Å²) in [7, 11) is 0. The van der Waals surface area contributed by atoms with Gasteiger partial charge in [0.25, 0.3) is 0 Å². The van der Waals surface area contributed by atoms with Crippen molar-refractivity contribution >= 4 is 29.1 Å². The van der Waals surface area contributed by atoms with Gasteiger partial charge in [0.15, 0.2) is 5.78 Å². The maximum Gasteiger partial charge on any atom is 0.175 e. The number of hydrogen-bond acceptors (Lipinski definition) is 2. The molecule has 0 aliphatic rings. The summed E-state index contributed by atoms with van der Waals surface area (Å²) < 4.78 is 0. The number of thioether (sulfide) groups is 1. The van der Waals surface area contributed by atoms with E-state index in [0.29, 0.717) is 5.02 Å². The van der Waals surface area contributed by atoms with E-state index in [1.165, 1.54) is 0 Å². The fourth-order valence-electron chi connectivity index (χ4n) is 0.956. The highest BCUT2D eigenvalue weighted by atomic mass is 35.5. The van der Waals surface area contributed by atoms with Gasteiger partial charge in [0.05, 0.1) is 5.25 Å². The number of ketones is 1. The van der Waals surface area contributed by atoms with E-state index in [-0.39, 0.29) is 11.0 Å². The first-order valence-electron chi connectivity index (χ1n) is 3.97. The third-order valence-electron chi connectivity index (χ3n) is 1.85. The van der Waals surface area contributed by atoms with E-state index < -0.39 is 0 Å². The third-order valence-corrected chi connectivity index (χ3v) is 3.02. The van der Waals surface area contributed by atoms with Crippen LogP contribution in [0.2, 0.25) is 5.02 Å². The molecule has 0 amide bonds. The Morgan fingerprint density at radius 1 is 1.38 bits per heavy atom. The molecule has 70 valence electrons. The van der Waals surface area contributed by atoms with Crippen LogP contribution in [0.3, 0.4) is 0 Å². The van der Waals surface area contributed by atoms with Crippen molar-refractivity contribution in [2.24, 2.45) is 0 Å². The van der Waals surface area contributed by atoms with Gasteiger partial charge >= 0.3 is 0 Å². The Labute approximate surface area is 87.5 Å². The van der Waals surface area contributed by atoms with Gasteiger partial charge in [-0.2, -0.15) is 11.8 Å². The lowest BCUT2D eigenvalue weighted by molar-refractivity contribution is 0.0994. The van der Waals surface area contributed by atoms with Crippen LogP contribution in [0.25, 0.3) is 0 Å². The monoisotopic (exact) mass is 214 g/mol. The molecule has 1 rings (SSSR count). The molecular formula is C10H11ClOS. The van der Waals surface area contributed by atoms with Crippen LogP contribution < -0.4 is 0 Å². The van der Waals surface area contributed by atoms with Crippen molar-refractivity contribution in [2.75, 3.05) is 6.26 Å². The summed E-state index contributed by atoms with van der Waals surface area (Å²) in [6.45, 7) is 1.90. The topological polar surface area (TPSA) is 17.1 Å². The zero-order valence-electron chi connectivity index (χ0n) is 7.58. The van der Waals surface area contributed by atoms with Gasteiger partial charge < -0.3 is 0 Å². The second-order valence-corrected chi connectivity index (χ2v) is 4.36. The van der Waals surface area contributed by atoms with Crippen molar-refractivity contribution in [3.63, 3.8) is 0 Å². The molecule has 0 aromatic heterocycles. The van der Waals surface area contributed by atoms with Gasteiger partial charge in [0.2, 0.25) is 0 Å². The average molecular weight is 215 g/mol. The molecule has 0 radical (unpaired) electrons. The summed E-state index contributed by atoms with van der Waals surface area (Å²) in [6.07, 6.45) is 1.93. The van der Waals surface area contributed by atoms with Crippen LogP contribution in [0.5, 0.6) is 0 Å². The van der Waals surface area contributed by atoms with E-state index >= 15 is 0 Å². The SMILES string of the molecule is CSC(C)C(=O)c1ccc(Cl)cc1. The first-order chi connectivity index (χ1) is 6.15. The number of rotatable bonds is 3. The number of carbonyl (C=O) groups excluding carboxylic acids is 1. The lowest BCUT2D eigenvalue weighted by Gasteiger charge is -2.06. The van der Waals surface area contributed by atoms with E-state index in [4.69, 9.17) is 11.6 Å². The summed E-state index contributed by atoms with van der Waals surface area (Å²) in [4.78, 5) is 11.6. The van der Waals surface area contributed by atoms with Gasteiger partial charge in [-0.1, -0.05) is 11.6 Å². The molecule has 0 saturated carbocycles. The molecule has 0 spiro atoms. The van der Waals surface area contributed by atoms with Crippen molar-refractivity contribution in [3.05, 3.63) is 34.9 Å². The van der Waals surface area contributed by atoms with E-state index in [1.807, 2.05) is 13.2 Å². The Morgan fingerprint density at radius 2 is 1.92 bits per heavy atom. The zero-order chi connectivity index (χ0) is 9.84. The normalized spacial score (nSPS) is 12.5. The minimum absolute atomic E-state index is 0.0150. The summed E-state index contributed by atoms with van der Waals surface area (Å²) in [5.74, 6) is 0.157. The average Bonchev–Trinajstić information content (AvgIpc) is 2.17. The Balaban J connectivity index is 2.83. The van der Waals surface area contributed by atoms with Crippen molar-refractivity contribution < 1.29 is 4.79 Å². The van der Waals surface area contributed by atoms with Gasteiger partial charge in [-0.3, -0.25) is 4.79 Å². The third kappa shape index (κ3) is 2.75. The Hall–Kier alpha value is -0.470. The molecule has 0 N–H and O–H groups in total. The maximum atomic E-state index is 11.6. The number of benzene rings is 1. The highest BCUT2D eigenvalue weighted by Crippen LogP contribution is 2.15. The lowest BCUT2D eigenvalue weighted by Crippen LogP contribution is -2.12. The summed E-state index contributed by atoms with van der Waals surface area (Å²) in [5.41, 5.74) is 0.728. The van der Waals surface area contributed by atoms with Crippen molar-refractivity contribution in [1.82, 2.24) is 0 Å².